The van der Waals surface area contributed by atoms with Crippen molar-refractivity contribution in [2.45, 2.75) is 0 Å². The Labute approximate surface area is 46.4 Å². The molecule has 0 unspecified atom stereocenters. The third-order valence-electron chi connectivity index (χ3n) is 0.738. The van der Waals surface area contributed by atoms with Gasteiger partial charge in [-0.3, -0.25) is 5.41 Å². The van der Waals surface area contributed by atoms with Crippen LogP contribution in [0.2, 0.25) is 0 Å². The Morgan fingerprint density at radius 1 is 1.88 bits per heavy atom. The van der Waals surface area contributed by atoms with Crippen LogP contribution in [0.15, 0.2) is 12.0 Å². The standard InChI is InChI=1S/C4H6N2O2/c5-4(6)3-1-7-2-8-3/h1H,2H2,(H3,5,6). The monoisotopic (exact) mass is 114 g/mol. The van der Waals surface area contributed by atoms with Crippen LogP contribution in [-0.4, -0.2) is 12.6 Å². The fraction of sp³-hybridized carbons (Fsp3) is 0.250. The summed E-state index contributed by atoms with van der Waals surface area (Å²) in [5.41, 5.74) is 5.01. The highest BCUT2D eigenvalue weighted by atomic mass is 16.7. The van der Waals surface area contributed by atoms with Crippen LogP contribution in [-0.2, 0) is 9.47 Å². The molecular formula is C4H6N2O2. The number of rotatable bonds is 1. The number of nitrogens with two attached hydrogens (primary N) is 1. The fourth-order valence-corrected chi connectivity index (χ4v) is 0.382. The van der Waals surface area contributed by atoms with E-state index in [1.54, 1.807) is 0 Å². The Bertz CT molecular complexity index is 141. The van der Waals surface area contributed by atoms with Gasteiger partial charge in [0.1, 0.15) is 6.26 Å². The first-order valence-electron chi connectivity index (χ1n) is 2.09. The summed E-state index contributed by atoms with van der Waals surface area (Å²) < 4.78 is 9.32. The molecule has 0 atom stereocenters. The average molecular weight is 114 g/mol. The Balaban J connectivity index is 2.57. The van der Waals surface area contributed by atoms with Crippen molar-refractivity contribution in [1.29, 1.82) is 5.41 Å². The van der Waals surface area contributed by atoms with E-state index in [1.165, 1.54) is 6.26 Å². The highest BCUT2D eigenvalue weighted by molar-refractivity contribution is 5.92. The smallest absolute Gasteiger partial charge is 0.230 e. The summed E-state index contributed by atoms with van der Waals surface area (Å²) in [7, 11) is 0. The van der Waals surface area contributed by atoms with Crippen LogP contribution in [0.4, 0.5) is 0 Å². The predicted octanol–water partition coefficient (Wildman–Crippen LogP) is -0.232. The molecular weight excluding hydrogens is 108 g/mol. The molecule has 1 aliphatic rings. The minimum absolute atomic E-state index is 0.0949. The molecule has 4 heteroatoms. The second kappa shape index (κ2) is 1.73. The van der Waals surface area contributed by atoms with Crippen LogP contribution < -0.4 is 5.73 Å². The molecule has 3 N–H and O–H groups in total. The molecule has 0 aromatic rings. The maximum atomic E-state index is 6.80. The molecule has 0 fully saturated rings. The number of nitrogens with one attached hydrogen (secondary N) is 1. The van der Waals surface area contributed by atoms with Gasteiger partial charge in [-0.15, -0.1) is 0 Å². The van der Waals surface area contributed by atoms with E-state index in [0.29, 0.717) is 5.76 Å². The minimum Gasteiger partial charge on any atom is -0.461 e. The zero-order valence-corrected chi connectivity index (χ0v) is 4.18. The van der Waals surface area contributed by atoms with Gasteiger partial charge >= 0.3 is 0 Å². The summed E-state index contributed by atoms with van der Waals surface area (Å²) in [6, 6.07) is 0. The van der Waals surface area contributed by atoms with Gasteiger partial charge in [-0.05, 0) is 0 Å². The lowest BCUT2D eigenvalue weighted by Crippen LogP contribution is -2.12. The van der Waals surface area contributed by atoms with Crippen LogP contribution in [0.5, 0.6) is 0 Å². The number of hydrogen-bond donors (Lipinski definition) is 2. The maximum Gasteiger partial charge on any atom is 0.230 e. The Kier molecular flexibility index (Phi) is 1.07. The van der Waals surface area contributed by atoms with Crippen molar-refractivity contribution in [2.75, 3.05) is 6.79 Å². The molecule has 0 spiro atoms. The van der Waals surface area contributed by atoms with Crippen molar-refractivity contribution in [3.05, 3.63) is 12.0 Å². The highest BCUT2D eigenvalue weighted by Crippen LogP contribution is 2.03. The molecule has 0 aliphatic carbocycles. The van der Waals surface area contributed by atoms with Gasteiger partial charge in [0, 0.05) is 0 Å². The molecule has 0 radical (unpaired) electrons. The van der Waals surface area contributed by atoms with Gasteiger partial charge in [0.25, 0.3) is 0 Å². The quantitative estimate of drug-likeness (QED) is 0.365. The van der Waals surface area contributed by atoms with E-state index in [-0.39, 0.29) is 12.6 Å². The molecule has 4 nitrogen and oxygen atoms in total. The normalized spacial score (nSPS) is 16.2. The van der Waals surface area contributed by atoms with Gasteiger partial charge < -0.3 is 15.2 Å². The highest BCUT2D eigenvalue weighted by Gasteiger charge is 2.07. The lowest BCUT2D eigenvalue weighted by molar-refractivity contribution is 0.0862. The molecule has 0 aromatic heterocycles. The minimum atomic E-state index is -0.0949. The Morgan fingerprint density at radius 2 is 2.62 bits per heavy atom. The van der Waals surface area contributed by atoms with Crippen LogP contribution in [0.1, 0.15) is 0 Å². The molecule has 1 rings (SSSR count). The third kappa shape index (κ3) is 0.726. The number of amidine groups is 1. The summed E-state index contributed by atoms with van der Waals surface area (Å²) in [4.78, 5) is 0. The molecule has 1 aliphatic heterocycles. The molecule has 8 heavy (non-hydrogen) atoms. The molecule has 0 aromatic carbocycles. The molecule has 1 heterocycles. The largest absolute Gasteiger partial charge is 0.461 e. The van der Waals surface area contributed by atoms with Gasteiger partial charge in [0.2, 0.25) is 6.79 Å². The topological polar surface area (TPSA) is 68.3 Å². The summed E-state index contributed by atoms with van der Waals surface area (Å²) in [5.74, 6) is 0.215. The molecule has 0 saturated heterocycles. The first-order valence-corrected chi connectivity index (χ1v) is 2.09. The van der Waals surface area contributed by atoms with Crippen molar-refractivity contribution < 1.29 is 9.47 Å². The van der Waals surface area contributed by atoms with Crippen LogP contribution in [0, 0.1) is 5.41 Å². The lowest BCUT2D eigenvalue weighted by Gasteiger charge is -1.93. The maximum absolute atomic E-state index is 6.80. The second-order valence-corrected chi connectivity index (χ2v) is 1.32. The van der Waals surface area contributed by atoms with Crippen LogP contribution in [0.25, 0.3) is 0 Å². The number of hydrogen-bond acceptors (Lipinski definition) is 3. The van der Waals surface area contributed by atoms with Crippen molar-refractivity contribution in [1.82, 2.24) is 0 Å². The van der Waals surface area contributed by atoms with E-state index in [0.717, 1.165) is 0 Å². The van der Waals surface area contributed by atoms with Crippen molar-refractivity contribution in [2.24, 2.45) is 5.73 Å². The van der Waals surface area contributed by atoms with Gasteiger partial charge in [-0.1, -0.05) is 0 Å². The van der Waals surface area contributed by atoms with E-state index in [2.05, 4.69) is 4.74 Å². The average Bonchev–Trinajstić information content (AvgIpc) is 2.12. The molecule has 0 bridgehead atoms. The summed E-state index contributed by atoms with van der Waals surface area (Å²) in [6.45, 7) is 0.176. The predicted molar refractivity (Wildman–Crippen MR) is 27.0 cm³/mol. The Morgan fingerprint density at radius 3 is 2.88 bits per heavy atom. The van der Waals surface area contributed by atoms with Crippen LogP contribution in [0.3, 0.4) is 0 Å². The van der Waals surface area contributed by atoms with E-state index in [9.17, 15) is 0 Å². The summed E-state index contributed by atoms with van der Waals surface area (Å²) in [6.07, 6.45) is 1.32. The van der Waals surface area contributed by atoms with E-state index in [4.69, 9.17) is 15.9 Å². The van der Waals surface area contributed by atoms with E-state index in [1.807, 2.05) is 0 Å². The molecule has 0 amide bonds. The zero-order chi connectivity index (χ0) is 5.98. The molecule has 44 valence electrons. The fourth-order valence-electron chi connectivity index (χ4n) is 0.382. The molecule has 0 saturated carbocycles. The van der Waals surface area contributed by atoms with E-state index >= 15 is 0 Å². The van der Waals surface area contributed by atoms with Crippen LogP contribution >= 0.6 is 0 Å². The van der Waals surface area contributed by atoms with Crippen molar-refractivity contribution >= 4 is 5.84 Å². The Hall–Kier alpha value is -1.19. The second-order valence-electron chi connectivity index (χ2n) is 1.32. The first kappa shape index (κ1) is 4.96. The first-order chi connectivity index (χ1) is 3.80. The van der Waals surface area contributed by atoms with Gasteiger partial charge in [0.05, 0.1) is 0 Å². The van der Waals surface area contributed by atoms with Gasteiger partial charge in [0.15, 0.2) is 11.6 Å². The summed E-state index contributed by atoms with van der Waals surface area (Å²) >= 11 is 0. The van der Waals surface area contributed by atoms with Gasteiger partial charge in [-0.25, -0.2) is 0 Å². The number of ether oxygens (including phenoxy) is 2. The van der Waals surface area contributed by atoms with Crippen molar-refractivity contribution in [3.8, 4) is 0 Å². The summed E-state index contributed by atoms with van der Waals surface area (Å²) in [5, 5.41) is 6.80. The van der Waals surface area contributed by atoms with E-state index < -0.39 is 0 Å². The SMILES string of the molecule is N=C(N)C1=COCO1. The lowest BCUT2D eigenvalue weighted by atomic mass is 10.5. The van der Waals surface area contributed by atoms with Gasteiger partial charge in [-0.2, -0.15) is 0 Å². The third-order valence-corrected chi connectivity index (χ3v) is 0.738. The zero-order valence-electron chi connectivity index (χ0n) is 4.18. The van der Waals surface area contributed by atoms with Crippen molar-refractivity contribution in [3.63, 3.8) is 0 Å².